The van der Waals surface area contributed by atoms with Gasteiger partial charge in [-0.25, -0.2) is 4.79 Å². The summed E-state index contributed by atoms with van der Waals surface area (Å²) in [6.07, 6.45) is 1.74. The van der Waals surface area contributed by atoms with Crippen molar-refractivity contribution in [3.63, 3.8) is 0 Å². The van der Waals surface area contributed by atoms with Gasteiger partial charge >= 0.3 is 6.03 Å². The lowest BCUT2D eigenvalue weighted by Gasteiger charge is -2.24. The van der Waals surface area contributed by atoms with E-state index in [-0.39, 0.29) is 6.03 Å². The van der Waals surface area contributed by atoms with E-state index in [1.165, 1.54) is 5.56 Å². The molecule has 122 valence electrons. The molecule has 0 aliphatic rings. The Bertz CT molecular complexity index is 599. The lowest BCUT2D eigenvalue weighted by Crippen LogP contribution is -2.39. The van der Waals surface area contributed by atoms with Crippen LogP contribution in [-0.2, 0) is 6.54 Å². The van der Waals surface area contributed by atoms with Crippen molar-refractivity contribution in [1.29, 1.82) is 0 Å². The van der Waals surface area contributed by atoms with Crippen LogP contribution in [0.25, 0.3) is 0 Å². The fourth-order valence-corrected chi connectivity index (χ4v) is 2.58. The molecule has 1 aromatic carbocycles. The summed E-state index contributed by atoms with van der Waals surface area (Å²) in [7, 11) is 1.79. The van der Waals surface area contributed by atoms with Crippen LogP contribution >= 0.6 is 0 Å². The molecule has 0 bridgehead atoms. The number of aromatic nitrogens is 1. The highest BCUT2D eigenvalue weighted by Crippen LogP contribution is 2.23. The number of benzene rings is 1. The number of urea groups is 1. The molecule has 0 saturated heterocycles. The summed E-state index contributed by atoms with van der Waals surface area (Å²) in [5, 5.41) is 3.04. The van der Waals surface area contributed by atoms with Crippen LogP contribution in [-0.4, -0.2) is 29.5 Å². The quantitative estimate of drug-likeness (QED) is 0.885. The molecule has 2 amide bonds. The van der Waals surface area contributed by atoms with Crippen LogP contribution in [0.2, 0.25) is 0 Å². The van der Waals surface area contributed by atoms with Crippen LogP contribution < -0.4 is 5.32 Å². The Balaban J connectivity index is 1.91. The largest absolute Gasteiger partial charge is 0.337 e. The molecule has 1 aromatic heterocycles. The van der Waals surface area contributed by atoms with Gasteiger partial charge < -0.3 is 10.2 Å². The monoisotopic (exact) mass is 311 g/mol. The maximum atomic E-state index is 12.3. The number of nitrogens with one attached hydrogen (secondary N) is 1. The van der Waals surface area contributed by atoms with Crippen LogP contribution in [0.1, 0.15) is 31.0 Å². The molecule has 2 rings (SSSR count). The normalized spacial score (nSPS) is 12.0. The fourth-order valence-electron chi connectivity index (χ4n) is 2.58. The number of nitrogens with zero attached hydrogens (tertiary/aromatic N) is 2. The van der Waals surface area contributed by atoms with Gasteiger partial charge in [-0.2, -0.15) is 0 Å². The van der Waals surface area contributed by atoms with Crippen LogP contribution in [0, 0.1) is 5.92 Å². The molecule has 2 aromatic rings. The Morgan fingerprint density at radius 2 is 1.83 bits per heavy atom. The van der Waals surface area contributed by atoms with Crippen molar-refractivity contribution in [2.45, 2.75) is 26.3 Å². The molecule has 0 saturated carbocycles. The molecular formula is C19H25N3O. The second kappa shape index (κ2) is 8.32. The van der Waals surface area contributed by atoms with Gasteiger partial charge in [-0.1, -0.05) is 50.2 Å². The summed E-state index contributed by atoms with van der Waals surface area (Å²) in [6.45, 7) is 5.50. The molecule has 0 spiro atoms. The number of hydrogen-bond donors (Lipinski definition) is 1. The van der Waals surface area contributed by atoms with Gasteiger partial charge in [-0.3, -0.25) is 4.98 Å². The lowest BCUT2D eigenvalue weighted by molar-refractivity contribution is 0.205. The number of carbonyl (C=O) groups excluding carboxylic acids is 1. The first-order valence-electron chi connectivity index (χ1n) is 8.01. The van der Waals surface area contributed by atoms with E-state index < -0.39 is 0 Å². The van der Waals surface area contributed by atoms with E-state index in [1.807, 2.05) is 36.4 Å². The van der Waals surface area contributed by atoms with E-state index >= 15 is 0 Å². The van der Waals surface area contributed by atoms with E-state index in [4.69, 9.17) is 0 Å². The van der Waals surface area contributed by atoms with Gasteiger partial charge in [-0.05, 0) is 23.6 Å². The predicted octanol–water partition coefficient (Wildman–Crippen LogP) is 3.66. The third kappa shape index (κ3) is 5.09. The Morgan fingerprint density at radius 1 is 1.13 bits per heavy atom. The van der Waals surface area contributed by atoms with E-state index in [2.05, 4.69) is 36.3 Å². The van der Waals surface area contributed by atoms with Gasteiger partial charge in [0.05, 0.1) is 12.2 Å². The Hall–Kier alpha value is -2.36. The summed E-state index contributed by atoms with van der Waals surface area (Å²) >= 11 is 0. The summed E-state index contributed by atoms with van der Waals surface area (Å²) in [5.74, 6) is 0.766. The second-order valence-electron chi connectivity index (χ2n) is 6.12. The van der Waals surface area contributed by atoms with E-state index in [9.17, 15) is 4.79 Å². The standard InChI is InChI=1S/C19H25N3O/c1-15(2)18(16-9-5-4-6-10-16)13-21-19(23)22(3)14-17-11-7-8-12-20-17/h4-12,15,18H,13-14H2,1-3H3,(H,21,23). The third-order valence-corrected chi connectivity index (χ3v) is 3.98. The summed E-state index contributed by atoms with van der Waals surface area (Å²) in [6, 6.07) is 16.0. The van der Waals surface area contributed by atoms with Crippen molar-refractivity contribution >= 4 is 6.03 Å². The molecule has 1 N–H and O–H groups in total. The first-order chi connectivity index (χ1) is 11.1. The molecule has 1 heterocycles. The number of pyridine rings is 1. The van der Waals surface area contributed by atoms with Gasteiger partial charge in [0, 0.05) is 25.7 Å². The lowest BCUT2D eigenvalue weighted by atomic mass is 9.88. The van der Waals surface area contributed by atoms with Crippen molar-refractivity contribution < 1.29 is 4.79 Å². The highest BCUT2D eigenvalue weighted by atomic mass is 16.2. The minimum atomic E-state index is -0.0720. The number of amides is 2. The number of rotatable bonds is 6. The Morgan fingerprint density at radius 3 is 2.43 bits per heavy atom. The number of hydrogen-bond acceptors (Lipinski definition) is 2. The van der Waals surface area contributed by atoms with Crippen molar-refractivity contribution in [1.82, 2.24) is 15.2 Å². The maximum Gasteiger partial charge on any atom is 0.317 e. The topological polar surface area (TPSA) is 45.2 Å². The highest BCUT2D eigenvalue weighted by Gasteiger charge is 2.18. The first-order valence-corrected chi connectivity index (χ1v) is 8.01. The zero-order chi connectivity index (χ0) is 16.7. The van der Waals surface area contributed by atoms with Gasteiger partial charge in [0.25, 0.3) is 0 Å². The zero-order valence-electron chi connectivity index (χ0n) is 14.1. The Labute approximate surface area is 138 Å². The number of carbonyl (C=O) groups is 1. The van der Waals surface area contributed by atoms with Crippen LogP contribution in [0.15, 0.2) is 54.7 Å². The molecule has 1 unspecified atom stereocenters. The van der Waals surface area contributed by atoms with E-state index in [0.717, 1.165) is 5.69 Å². The van der Waals surface area contributed by atoms with Crippen LogP contribution in [0.3, 0.4) is 0 Å². The van der Waals surface area contributed by atoms with Gasteiger partial charge in [0.1, 0.15) is 0 Å². The average Bonchev–Trinajstić information content (AvgIpc) is 2.56. The molecule has 4 nitrogen and oxygen atoms in total. The van der Waals surface area contributed by atoms with Gasteiger partial charge in [0.2, 0.25) is 0 Å². The Kier molecular flexibility index (Phi) is 6.15. The summed E-state index contributed by atoms with van der Waals surface area (Å²) in [4.78, 5) is 18.2. The van der Waals surface area contributed by atoms with Crippen LogP contribution in [0.5, 0.6) is 0 Å². The molecule has 4 heteroatoms. The maximum absolute atomic E-state index is 12.3. The van der Waals surface area contributed by atoms with E-state index in [1.54, 1.807) is 18.1 Å². The van der Waals surface area contributed by atoms with Crippen molar-refractivity contribution in [2.75, 3.05) is 13.6 Å². The molecular weight excluding hydrogens is 286 g/mol. The minimum Gasteiger partial charge on any atom is -0.337 e. The fraction of sp³-hybridized carbons (Fsp3) is 0.368. The van der Waals surface area contributed by atoms with Gasteiger partial charge in [0.15, 0.2) is 0 Å². The van der Waals surface area contributed by atoms with Crippen molar-refractivity contribution in [3.8, 4) is 0 Å². The predicted molar refractivity (Wildman–Crippen MR) is 93.1 cm³/mol. The third-order valence-electron chi connectivity index (χ3n) is 3.98. The smallest absolute Gasteiger partial charge is 0.317 e. The van der Waals surface area contributed by atoms with Crippen molar-refractivity contribution in [3.05, 3.63) is 66.0 Å². The molecule has 1 atom stereocenters. The molecule has 0 radical (unpaired) electrons. The second-order valence-corrected chi connectivity index (χ2v) is 6.12. The minimum absolute atomic E-state index is 0.0720. The molecule has 23 heavy (non-hydrogen) atoms. The van der Waals surface area contributed by atoms with Crippen LogP contribution in [0.4, 0.5) is 4.79 Å². The summed E-state index contributed by atoms with van der Waals surface area (Å²) < 4.78 is 0. The van der Waals surface area contributed by atoms with E-state index in [0.29, 0.717) is 24.9 Å². The SMILES string of the molecule is CC(C)C(CNC(=O)N(C)Cc1ccccn1)c1ccccc1. The van der Waals surface area contributed by atoms with Crippen molar-refractivity contribution in [2.24, 2.45) is 5.92 Å². The first kappa shape index (κ1) is 17.0. The molecule has 0 fully saturated rings. The summed E-state index contributed by atoms with van der Waals surface area (Å²) in [5.41, 5.74) is 2.14. The highest BCUT2D eigenvalue weighted by molar-refractivity contribution is 5.73. The molecule has 0 aliphatic carbocycles. The molecule has 0 aliphatic heterocycles. The van der Waals surface area contributed by atoms with Gasteiger partial charge in [-0.15, -0.1) is 0 Å². The zero-order valence-corrected chi connectivity index (χ0v) is 14.1. The average molecular weight is 311 g/mol.